The van der Waals surface area contributed by atoms with Crippen LogP contribution in [0.25, 0.3) is 0 Å². The predicted molar refractivity (Wildman–Crippen MR) is 76.6 cm³/mol. The van der Waals surface area contributed by atoms with Crippen molar-refractivity contribution >= 4 is 15.7 Å². The van der Waals surface area contributed by atoms with E-state index in [4.69, 9.17) is 0 Å². The molecule has 0 bridgehead atoms. The van der Waals surface area contributed by atoms with Gasteiger partial charge in [0.1, 0.15) is 5.82 Å². The van der Waals surface area contributed by atoms with Gasteiger partial charge in [0.15, 0.2) is 0 Å². The van der Waals surface area contributed by atoms with Crippen molar-refractivity contribution in [1.29, 1.82) is 0 Å². The van der Waals surface area contributed by atoms with Crippen molar-refractivity contribution in [3.8, 4) is 0 Å². The number of hydrogen-bond acceptors (Lipinski definition) is 3. The van der Waals surface area contributed by atoms with Gasteiger partial charge in [-0.15, -0.1) is 0 Å². The molecule has 0 aromatic heterocycles. The molecule has 2 aliphatic rings. The van der Waals surface area contributed by atoms with Crippen molar-refractivity contribution in [3.05, 3.63) is 29.6 Å². The maximum atomic E-state index is 13.3. The monoisotopic (exact) mass is 352 g/mol. The second kappa shape index (κ2) is 5.62. The van der Waals surface area contributed by atoms with E-state index in [-0.39, 0.29) is 11.6 Å². The van der Waals surface area contributed by atoms with Gasteiger partial charge in [0, 0.05) is 11.6 Å². The van der Waals surface area contributed by atoms with Crippen LogP contribution in [0.1, 0.15) is 31.2 Å². The fraction of sp³-hybridized carbons (Fsp3) is 0.571. The van der Waals surface area contributed by atoms with Gasteiger partial charge in [-0.05, 0) is 31.0 Å². The number of rotatable bonds is 2. The van der Waals surface area contributed by atoms with Crippen LogP contribution in [-0.4, -0.2) is 19.8 Å². The number of nitrogens with one attached hydrogen (secondary N) is 2. The highest BCUT2D eigenvalue weighted by Crippen LogP contribution is 2.38. The van der Waals surface area contributed by atoms with Crippen molar-refractivity contribution in [2.24, 2.45) is 5.92 Å². The molecule has 1 aliphatic carbocycles. The molecule has 1 aromatic rings. The van der Waals surface area contributed by atoms with E-state index in [1.807, 2.05) is 0 Å². The molecule has 1 saturated heterocycles. The van der Waals surface area contributed by atoms with Crippen LogP contribution in [0.2, 0.25) is 0 Å². The Morgan fingerprint density at radius 1 is 1.17 bits per heavy atom. The Morgan fingerprint density at radius 3 is 2.57 bits per heavy atom. The average molecular weight is 352 g/mol. The minimum Gasteiger partial charge on any atom is -0.369 e. The predicted octanol–water partition coefficient (Wildman–Crippen LogP) is 3.07. The molecule has 3 atom stereocenters. The summed E-state index contributed by atoms with van der Waals surface area (Å²) in [5.74, 6) is -1.56. The Bertz CT molecular complexity index is 705. The topological polar surface area (TPSA) is 58.2 Å². The van der Waals surface area contributed by atoms with Crippen LogP contribution in [0.15, 0.2) is 18.2 Å². The molecule has 9 heteroatoms. The van der Waals surface area contributed by atoms with Crippen LogP contribution in [-0.2, 0) is 16.2 Å². The molecule has 1 heterocycles. The van der Waals surface area contributed by atoms with Gasteiger partial charge in [0.05, 0.1) is 17.0 Å². The second-order valence-electron chi connectivity index (χ2n) is 5.96. The number of benzene rings is 1. The minimum absolute atomic E-state index is 0.0395. The number of halogens is 4. The lowest BCUT2D eigenvalue weighted by Crippen LogP contribution is -2.37. The van der Waals surface area contributed by atoms with Crippen LogP contribution in [0.5, 0.6) is 0 Å². The first-order valence-electron chi connectivity index (χ1n) is 7.33. The molecule has 2 N–H and O–H groups in total. The fourth-order valence-electron chi connectivity index (χ4n) is 3.39. The van der Waals surface area contributed by atoms with Crippen LogP contribution >= 0.6 is 0 Å². The zero-order valence-electron chi connectivity index (χ0n) is 12.0. The van der Waals surface area contributed by atoms with Crippen molar-refractivity contribution in [2.75, 3.05) is 5.32 Å². The summed E-state index contributed by atoms with van der Waals surface area (Å²) in [5, 5.41) is 2.26. The van der Waals surface area contributed by atoms with Crippen molar-refractivity contribution in [3.63, 3.8) is 0 Å². The first-order valence-corrected chi connectivity index (χ1v) is 8.87. The highest BCUT2D eigenvalue weighted by molar-refractivity contribution is 7.90. The molecular formula is C14H16F4N2O2S. The molecule has 1 saturated carbocycles. The molecule has 2 fully saturated rings. The number of fused-ring (bicyclic) bond motifs is 1. The van der Waals surface area contributed by atoms with E-state index in [2.05, 4.69) is 10.0 Å². The largest absolute Gasteiger partial charge is 0.419 e. The van der Waals surface area contributed by atoms with Gasteiger partial charge in [0.25, 0.3) is 0 Å². The molecule has 0 spiro atoms. The first kappa shape index (κ1) is 16.5. The Morgan fingerprint density at radius 2 is 1.87 bits per heavy atom. The smallest absolute Gasteiger partial charge is 0.369 e. The standard InChI is InChI=1S/C14H16F4N2O2S/c15-11-6-5-8(7-10(11)14(16,17)18)19-13-9-3-1-2-4-12(9)23(21,22)20-13/h5-7,9,12-13,19-20H,1-4H2. The summed E-state index contributed by atoms with van der Waals surface area (Å²) in [7, 11) is -3.47. The quantitative estimate of drug-likeness (QED) is 0.805. The Hall–Kier alpha value is -1.35. The number of sulfonamides is 1. The molecule has 1 aliphatic heterocycles. The number of anilines is 1. The van der Waals surface area contributed by atoms with E-state index in [1.54, 1.807) is 0 Å². The SMILES string of the molecule is O=S1(=O)NC(Nc2ccc(F)c(C(F)(F)F)c2)C2CCCCC21. The lowest BCUT2D eigenvalue weighted by Gasteiger charge is -2.27. The van der Waals surface area contributed by atoms with Crippen molar-refractivity contribution in [2.45, 2.75) is 43.3 Å². The average Bonchev–Trinajstić information content (AvgIpc) is 2.72. The first-order chi connectivity index (χ1) is 10.7. The van der Waals surface area contributed by atoms with E-state index in [1.165, 1.54) is 6.07 Å². The summed E-state index contributed by atoms with van der Waals surface area (Å²) in [6.45, 7) is 0. The molecule has 23 heavy (non-hydrogen) atoms. The Labute approximate surface area is 131 Å². The van der Waals surface area contributed by atoms with E-state index in [0.29, 0.717) is 18.9 Å². The lowest BCUT2D eigenvalue weighted by atomic mass is 9.86. The van der Waals surface area contributed by atoms with Gasteiger partial charge in [-0.1, -0.05) is 12.8 Å². The third-order valence-electron chi connectivity index (χ3n) is 4.47. The third kappa shape index (κ3) is 3.16. The highest BCUT2D eigenvalue weighted by Gasteiger charge is 2.47. The van der Waals surface area contributed by atoms with Gasteiger partial charge in [-0.3, -0.25) is 0 Å². The van der Waals surface area contributed by atoms with Gasteiger partial charge < -0.3 is 5.32 Å². The molecular weight excluding hydrogens is 336 g/mol. The minimum atomic E-state index is -4.80. The number of hydrogen-bond donors (Lipinski definition) is 2. The molecule has 1 aromatic carbocycles. The number of alkyl halides is 3. The van der Waals surface area contributed by atoms with Gasteiger partial charge in [-0.25, -0.2) is 12.8 Å². The molecule has 4 nitrogen and oxygen atoms in total. The summed E-state index contributed by atoms with van der Waals surface area (Å²) in [6.07, 6.45) is -2.53. The van der Waals surface area contributed by atoms with Crippen molar-refractivity contribution < 1.29 is 26.0 Å². The normalized spacial score (nSPS) is 30.0. The van der Waals surface area contributed by atoms with E-state index >= 15 is 0 Å². The maximum absolute atomic E-state index is 13.3. The van der Waals surface area contributed by atoms with Gasteiger partial charge >= 0.3 is 6.18 Å². The third-order valence-corrected chi connectivity index (χ3v) is 6.43. The molecule has 128 valence electrons. The zero-order valence-corrected chi connectivity index (χ0v) is 12.8. The maximum Gasteiger partial charge on any atom is 0.419 e. The molecule has 3 unspecified atom stereocenters. The van der Waals surface area contributed by atoms with Crippen LogP contribution in [0.4, 0.5) is 23.2 Å². The van der Waals surface area contributed by atoms with E-state index < -0.39 is 39.0 Å². The van der Waals surface area contributed by atoms with Crippen LogP contribution in [0.3, 0.4) is 0 Å². The van der Waals surface area contributed by atoms with Crippen molar-refractivity contribution in [1.82, 2.24) is 4.72 Å². The van der Waals surface area contributed by atoms with Crippen LogP contribution in [0, 0.1) is 11.7 Å². The lowest BCUT2D eigenvalue weighted by molar-refractivity contribution is -0.139. The summed E-state index contributed by atoms with van der Waals surface area (Å²) in [5.41, 5.74) is -1.33. The van der Waals surface area contributed by atoms with E-state index in [0.717, 1.165) is 18.9 Å². The second-order valence-corrected chi connectivity index (χ2v) is 7.90. The summed E-state index contributed by atoms with van der Waals surface area (Å²) in [4.78, 5) is 0. The fourth-order valence-corrected chi connectivity index (χ4v) is 5.39. The molecule has 0 amide bonds. The molecule has 3 rings (SSSR count). The highest BCUT2D eigenvalue weighted by atomic mass is 32.2. The summed E-state index contributed by atoms with van der Waals surface area (Å²) < 4.78 is 78.2. The Kier molecular flexibility index (Phi) is 4.04. The zero-order chi connectivity index (χ0) is 16.8. The summed E-state index contributed by atoms with van der Waals surface area (Å²) >= 11 is 0. The van der Waals surface area contributed by atoms with Gasteiger partial charge in [0.2, 0.25) is 10.0 Å². The molecule has 0 radical (unpaired) electrons. The van der Waals surface area contributed by atoms with E-state index in [9.17, 15) is 26.0 Å². The van der Waals surface area contributed by atoms with Crippen LogP contribution < -0.4 is 10.0 Å². The Balaban J connectivity index is 1.85. The van der Waals surface area contributed by atoms with Gasteiger partial charge in [-0.2, -0.15) is 17.9 Å². The summed E-state index contributed by atoms with van der Waals surface area (Å²) in [6, 6.07) is 2.57.